The van der Waals surface area contributed by atoms with Gasteiger partial charge in [0.25, 0.3) is 5.91 Å². The molecule has 144 valence electrons. The smallest absolute Gasteiger partial charge is 0.291 e. The van der Waals surface area contributed by atoms with Gasteiger partial charge in [-0.1, -0.05) is 30.3 Å². The second kappa shape index (κ2) is 8.31. The van der Waals surface area contributed by atoms with Crippen molar-refractivity contribution in [2.45, 2.75) is 13.5 Å². The third-order valence-electron chi connectivity index (χ3n) is 5.03. The Morgan fingerprint density at radius 1 is 0.964 bits per heavy atom. The molecule has 0 saturated carbocycles. The van der Waals surface area contributed by atoms with Crippen molar-refractivity contribution in [3.63, 3.8) is 0 Å². The number of rotatable bonds is 5. The fraction of sp³-hybridized carbons (Fsp3) is 0.261. The van der Waals surface area contributed by atoms with E-state index in [9.17, 15) is 4.79 Å². The van der Waals surface area contributed by atoms with Crippen molar-refractivity contribution in [2.24, 2.45) is 0 Å². The van der Waals surface area contributed by atoms with Gasteiger partial charge in [0.2, 0.25) is 0 Å². The van der Waals surface area contributed by atoms with Gasteiger partial charge in [0, 0.05) is 37.6 Å². The van der Waals surface area contributed by atoms with Gasteiger partial charge in [-0.15, -0.1) is 0 Å². The van der Waals surface area contributed by atoms with Crippen molar-refractivity contribution in [1.29, 1.82) is 0 Å². The van der Waals surface area contributed by atoms with Crippen LogP contribution in [-0.4, -0.2) is 37.0 Å². The average molecular weight is 375 g/mol. The summed E-state index contributed by atoms with van der Waals surface area (Å²) in [5.41, 5.74) is 3.16. The van der Waals surface area contributed by atoms with E-state index in [1.54, 1.807) is 6.07 Å². The number of benzene rings is 2. The number of hydrogen-bond donors (Lipinski definition) is 1. The summed E-state index contributed by atoms with van der Waals surface area (Å²) in [6.07, 6.45) is 0. The summed E-state index contributed by atoms with van der Waals surface area (Å²) >= 11 is 0. The molecule has 28 heavy (non-hydrogen) atoms. The standard InChI is InChI=1S/C23H25N3O2/c1-18-6-5-7-19(16-18)24-23(27)22-11-10-21(28-22)17-25-12-14-26(15-13-25)20-8-3-2-4-9-20/h2-11,16H,12-15,17H2,1H3,(H,24,27). The predicted octanol–water partition coefficient (Wildman–Crippen LogP) is 4.16. The van der Waals surface area contributed by atoms with Gasteiger partial charge in [0.1, 0.15) is 5.76 Å². The van der Waals surface area contributed by atoms with E-state index in [4.69, 9.17) is 4.42 Å². The van der Waals surface area contributed by atoms with Gasteiger partial charge >= 0.3 is 0 Å². The Kier molecular flexibility index (Phi) is 5.44. The molecular weight excluding hydrogens is 350 g/mol. The van der Waals surface area contributed by atoms with E-state index in [0.29, 0.717) is 5.76 Å². The number of para-hydroxylation sites is 1. The van der Waals surface area contributed by atoms with E-state index in [1.165, 1.54) is 5.69 Å². The van der Waals surface area contributed by atoms with Crippen LogP contribution in [0, 0.1) is 6.92 Å². The minimum Gasteiger partial charge on any atom is -0.455 e. The highest BCUT2D eigenvalue weighted by molar-refractivity contribution is 6.02. The zero-order valence-electron chi connectivity index (χ0n) is 16.1. The summed E-state index contributed by atoms with van der Waals surface area (Å²) in [6.45, 7) is 6.65. The summed E-state index contributed by atoms with van der Waals surface area (Å²) < 4.78 is 5.79. The molecule has 1 aliphatic rings. The second-order valence-corrected chi connectivity index (χ2v) is 7.19. The number of anilines is 2. The molecule has 0 atom stereocenters. The normalized spacial score (nSPS) is 14.8. The van der Waals surface area contributed by atoms with Crippen LogP contribution in [0.3, 0.4) is 0 Å². The number of amides is 1. The molecule has 1 fully saturated rings. The second-order valence-electron chi connectivity index (χ2n) is 7.19. The minimum absolute atomic E-state index is 0.217. The Labute approximate surface area is 165 Å². The molecule has 4 rings (SSSR count). The Morgan fingerprint density at radius 2 is 1.75 bits per heavy atom. The Morgan fingerprint density at radius 3 is 2.50 bits per heavy atom. The van der Waals surface area contributed by atoms with Crippen molar-refractivity contribution >= 4 is 17.3 Å². The number of carbonyl (C=O) groups is 1. The zero-order chi connectivity index (χ0) is 19.3. The van der Waals surface area contributed by atoms with Crippen LogP contribution in [0.1, 0.15) is 21.9 Å². The summed E-state index contributed by atoms with van der Waals surface area (Å²) in [6, 6.07) is 21.9. The number of nitrogens with one attached hydrogen (secondary N) is 1. The number of piperazine rings is 1. The van der Waals surface area contributed by atoms with Crippen LogP contribution in [0.15, 0.2) is 71.1 Å². The van der Waals surface area contributed by atoms with E-state index in [1.807, 2.05) is 43.3 Å². The number of hydrogen-bond acceptors (Lipinski definition) is 4. The molecule has 5 nitrogen and oxygen atoms in total. The topological polar surface area (TPSA) is 48.7 Å². The molecule has 0 radical (unpaired) electrons. The molecule has 0 bridgehead atoms. The molecule has 2 heterocycles. The van der Waals surface area contributed by atoms with E-state index < -0.39 is 0 Å². The summed E-state index contributed by atoms with van der Waals surface area (Å²) in [5.74, 6) is 0.952. The van der Waals surface area contributed by atoms with E-state index in [-0.39, 0.29) is 5.91 Å². The zero-order valence-corrected chi connectivity index (χ0v) is 16.1. The van der Waals surface area contributed by atoms with Crippen molar-refractivity contribution in [1.82, 2.24) is 4.90 Å². The third-order valence-corrected chi connectivity index (χ3v) is 5.03. The first-order valence-corrected chi connectivity index (χ1v) is 9.66. The van der Waals surface area contributed by atoms with Crippen molar-refractivity contribution < 1.29 is 9.21 Å². The van der Waals surface area contributed by atoms with Crippen LogP contribution in [0.5, 0.6) is 0 Å². The van der Waals surface area contributed by atoms with Crippen LogP contribution >= 0.6 is 0 Å². The predicted molar refractivity (Wildman–Crippen MR) is 112 cm³/mol. The van der Waals surface area contributed by atoms with Gasteiger partial charge in [-0.25, -0.2) is 0 Å². The molecule has 2 aromatic carbocycles. The van der Waals surface area contributed by atoms with Crippen molar-refractivity contribution in [2.75, 3.05) is 36.4 Å². The van der Waals surface area contributed by atoms with E-state index >= 15 is 0 Å². The molecule has 5 heteroatoms. The maximum absolute atomic E-state index is 12.4. The fourth-order valence-electron chi connectivity index (χ4n) is 3.52. The van der Waals surface area contributed by atoms with Crippen LogP contribution in [-0.2, 0) is 6.54 Å². The molecule has 3 aromatic rings. The molecule has 1 saturated heterocycles. The first kappa shape index (κ1) is 18.3. The number of nitrogens with zero attached hydrogens (tertiary/aromatic N) is 2. The molecule has 0 unspecified atom stereocenters. The molecule has 1 aliphatic heterocycles. The average Bonchev–Trinajstić information content (AvgIpc) is 3.18. The van der Waals surface area contributed by atoms with E-state index in [2.05, 4.69) is 39.4 Å². The molecule has 1 N–H and O–H groups in total. The lowest BCUT2D eigenvalue weighted by Gasteiger charge is -2.35. The monoisotopic (exact) mass is 375 g/mol. The molecule has 0 spiro atoms. The quantitative estimate of drug-likeness (QED) is 0.727. The van der Waals surface area contributed by atoms with Gasteiger partial charge in [0.05, 0.1) is 6.54 Å². The third kappa shape index (κ3) is 4.43. The highest BCUT2D eigenvalue weighted by Crippen LogP contribution is 2.18. The van der Waals surface area contributed by atoms with Crippen LogP contribution < -0.4 is 10.2 Å². The highest BCUT2D eigenvalue weighted by atomic mass is 16.4. The van der Waals surface area contributed by atoms with Gasteiger partial charge in [0.15, 0.2) is 5.76 Å². The molecule has 0 aliphatic carbocycles. The van der Waals surface area contributed by atoms with Gasteiger partial charge in [-0.3, -0.25) is 9.69 Å². The first-order valence-electron chi connectivity index (χ1n) is 9.66. The lowest BCUT2D eigenvalue weighted by Crippen LogP contribution is -2.45. The van der Waals surface area contributed by atoms with Gasteiger partial charge in [-0.05, 0) is 48.9 Å². The van der Waals surface area contributed by atoms with Gasteiger partial charge in [-0.2, -0.15) is 0 Å². The van der Waals surface area contributed by atoms with Crippen LogP contribution in [0.2, 0.25) is 0 Å². The minimum atomic E-state index is -0.217. The van der Waals surface area contributed by atoms with Crippen molar-refractivity contribution in [3.05, 3.63) is 83.8 Å². The fourth-order valence-corrected chi connectivity index (χ4v) is 3.52. The molecule has 1 aromatic heterocycles. The first-order chi connectivity index (χ1) is 13.7. The Balaban J connectivity index is 1.31. The number of carbonyl (C=O) groups excluding carboxylic acids is 1. The van der Waals surface area contributed by atoms with Crippen molar-refractivity contribution in [3.8, 4) is 0 Å². The largest absolute Gasteiger partial charge is 0.455 e. The SMILES string of the molecule is Cc1cccc(NC(=O)c2ccc(CN3CCN(c4ccccc4)CC3)o2)c1. The Bertz CT molecular complexity index is 928. The number of furan rings is 1. The maximum atomic E-state index is 12.4. The molecular formula is C23H25N3O2. The summed E-state index contributed by atoms with van der Waals surface area (Å²) in [4.78, 5) is 17.2. The van der Waals surface area contributed by atoms with Gasteiger partial charge < -0.3 is 14.6 Å². The summed E-state index contributed by atoms with van der Waals surface area (Å²) in [5, 5.41) is 2.89. The lowest BCUT2D eigenvalue weighted by molar-refractivity contribution is 0.0992. The van der Waals surface area contributed by atoms with Crippen LogP contribution in [0.25, 0.3) is 0 Å². The summed E-state index contributed by atoms with van der Waals surface area (Å²) in [7, 11) is 0. The van der Waals surface area contributed by atoms with E-state index in [0.717, 1.165) is 49.7 Å². The Hall–Kier alpha value is -3.05. The highest BCUT2D eigenvalue weighted by Gasteiger charge is 2.19. The maximum Gasteiger partial charge on any atom is 0.291 e. The van der Waals surface area contributed by atoms with Crippen LogP contribution in [0.4, 0.5) is 11.4 Å². The lowest BCUT2D eigenvalue weighted by atomic mass is 10.2. The number of aryl methyl sites for hydroxylation is 1. The molecule has 1 amide bonds.